The van der Waals surface area contributed by atoms with Crippen molar-refractivity contribution in [3.63, 3.8) is 0 Å². The van der Waals surface area contributed by atoms with Gasteiger partial charge in [-0.3, -0.25) is 4.79 Å². The van der Waals surface area contributed by atoms with Crippen LogP contribution in [0.1, 0.15) is 47.1 Å². The molecule has 112 valence electrons. The Labute approximate surface area is 123 Å². The van der Waals surface area contributed by atoms with E-state index in [1.165, 1.54) is 19.2 Å². The zero-order chi connectivity index (χ0) is 16.2. The van der Waals surface area contributed by atoms with Crippen LogP contribution in [0.5, 0.6) is 0 Å². The van der Waals surface area contributed by atoms with Crippen molar-refractivity contribution >= 4 is 23.3 Å². The lowest BCUT2D eigenvalue weighted by molar-refractivity contribution is -0.131. The summed E-state index contributed by atoms with van der Waals surface area (Å²) < 4.78 is 4.64. The third kappa shape index (κ3) is 4.02. The van der Waals surface area contributed by atoms with E-state index in [-0.39, 0.29) is 17.3 Å². The van der Waals surface area contributed by atoms with E-state index in [4.69, 9.17) is 5.11 Å². The standard InChI is InChI=1S/C16H18O5/c1-9(2)15(19)13-8-11(16(20)21-4)5-6-12(13)10(3)7-14(17)18/h5-9H,1-4H3,(H,17,18). The van der Waals surface area contributed by atoms with E-state index in [9.17, 15) is 14.4 Å². The molecule has 21 heavy (non-hydrogen) atoms. The summed E-state index contributed by atoms with van der Waals surface area (Å²) >= 11 is 0. The molecule has 0 bridgehead atoms. The van der Waals surface area contributed by atoms with E-state index in [2.05, 4.69) is 4.74 Å². The van der Waals surface area contributed by atoms with Crippen molar-refractivity contribution < 1.29 is 24.2 Å². The molecule has 0 amide bonds. The van der Waals surface area contributed by atoms with Crippen LogP contribution in [0.4, 0.5) is 0 Å². The topological polar surface area (TPSA) is 80.7 Å². The number of aliphatic carboxylic acids is 1. The number of carboxylic acids is 1. The van der Waals surface area contributed by atoms with Gasteiger partial charge in [-0.25, -0.2) is 9.59 Å². The molecule has 0 aromatic heterocycles. The van der Waals surface area contributed by atoms with Crippen LogP contribution in [0, 0.1) is 5.92 Å². The number of ketones is 1. The summed E-state index contributed by atoms with van der Waals surface area (Å²) in [5, 5.41) is 8.83. The van der Waals surface area contributed by atoms with E-state index in [0.717, 1.165) is 6.08 Å². The van der Waals surface area contributed by atoms with Crippen LogP contribution in [0.25, 0.3) is 5.57 Å². The van der Waals surface area contributed by atoms with Crippen LogP contribution in [0.2, 0.25) is 0 Å². The summed E-state index contributed by atoms with van der Waals surface area (Å²) in [4.78, 5) is 34.7. The Morgan fingerprint density at radius 1 is 1.19 bits per heavy atom. The van der Waals surface area contributed by atoms with E-state index < -0.39 is 11.9 Å². The van der Waals surface area contributed by atoms with Gasteiger partial charge in [0.15, 0.2) is 5.78 Å². The lowest BCUT2D eigenvalue weighted by atomic mass is 9.91. The molecule has 0 aliphatic rings. The number of Topliss-reactive ketones (excluding diaryl/α,β-unsaturated/α-hetero) is 1. The zero-order valence-electron chi connectivity index (χ0n) is 12.5. The molecule has 1 N–H and O–H groups in total. The Bertz CT molecular complexity index is 611. The Kier molecular flexibility index (Phi) is 5.41. The summed E-state index contributed by atoms with van der Waals surface area (Å²) in [6, 6.07) is 4.52. The normalized spacial score (nSPS) is 11.4. The number of carbonyl (C=O) groups excluding carboxylic acids is 2. The van der Waals surface area contributed by atoms with Crippen LogP contribution >= 0.6 is 0 Å². The first-order valence-electron chi connectivity index (χ1n) is 6.46. The predicted molar refractivity (Wildman–Crippen MR) is 78.2 cm³/mol. The first-order valence-corrected chi connectivity index (χ1v) is 6.46. The summed E-state index contributed by atoms with van der Waals surface area (Å²) in [6.07, 6.45) is 1.03. The Morgan fingerprint density at radius 2 is 1.81 bits per heavy atom. The van der Waals surface area contributed by atoms with Crippen molar-refractivity contribution in [1.29, 1.82) is 0 Å². The quantitative estimate of drug-likeness (QED) is 0.512. The minimum Gasteiger partial charge on any atom is -0.478 e. The van der Waals surface area contributed by atoms with Crippen molar-refractivity contribution in [2.75, 3.05) is 7.11 Å². The number of esters is 1. The maximum absolute atomic E-state index is 12.3. The van der Waals surface area contributed by atoms with E-state index in [1.54, 1.807) is 26.8 Å². The molecule has 0 fully saturated rings. The molecule has 0 saturated carbocycles. The molecular formula is C16H18O5. The van der Waals surface area contributed by atoms with Gasteiger partial charge >= 0.3 is 11.9 Å². The number of allylic oxidation sites excluding steroid dienone is 1. The minimum atomic E-state index is -1.09. The number of hydrogen-bond donors (Lipinski definition) is 1. The highest BCUT2D eigenvalue weighted by atomic mass is 16.5. The fraction of sp³-hybridized carbons (Fsp3) is 0.312. The molecule has 0 aliphatic carbocycles. The van der Waals surface area contributed by atoms with Crippen LogP contribution in [-0.2, 0) is 9.53 Å². The lowest BCUT2D eigenvalue weighted by Crippen LogP contribution is -2.12. The highest BCUT2D eigenvalue weighted by Crippen LogP contribution is 2.23. The van der Waals surface area contributed by atoms with Gasteiger partial charge in [-0.15, -0.1) is 0 Å². The number of ether oxygens (including phenoxy) is 1. The molecule has 1 aromatic carbocycles. The Morgan fingerprint density at radius 3 is 2.29 bits per heavy atom. The highest BCUT2D eigenvalue weighted by molar-refractivity contribution is 6.05. The van der Waals surface area contributed by atoms with E-state index in [0.29, 0.717) is 16.7 Å². The molecule has 1 rings (SSSR count). The van der Waals surface area contributed by atoms with Gasteiger partial charge in [-0.2, -0.15) is 0 Å². The molecule has 0 atom stereocenters. The van der Waals surface area contributed by atoms with Gasteiger partial charge in [0, 0.05) is 17.6 Å². The van der Waals surface area contributed by atoms with Gasteiger partial charge in [-0.05, 0) is 30.2 Å². The van der Waals surface area contributed by atoms with Gasteiger partial charge in [0.1, 0.15) is 0 Å². The van der Waals surface area contributed by atoms with Gasteiger partial charge in [0.05, 0.1) is 12.7 Å². The summed E-state index contributed by atoms with van der Waals surface area (Å²) in [7, 11) is 1.26. The zero-order valence-corrected chi connectivity index (χ0v) is 12.5. The SMILES string of the molecule is COC(=O)c1ccc(C(C)=CC(=O)O)c(C(=O)C(C)C)c1. The van der Waals surface area contributed by atoms with Crippen LogP contribution in [0.15, 0.2) is 24.3 Å². The number of rotatable bonds is 5. The Balaban J connectivity index is 3.47. The van der Waals surface area contributed by atoms with Gasteiger partial charge in [0.2, 0.25) is 0 Å². The fourth-order valence-corrected chi connectivity index (χ4v) is 1.91. The summed E-state index contributed by atoms with van der Waals surface area (Å²) in [5.74, 6) is -2.06. The lowest BCUT2D eigenvalue weighted by Gasteiger charge is -2.12. The van der Waals surface area contributed by atoms with E-state index in [1.807, 2.05) is 0 Å². The van der Waals surface area contributed by atoms with E-state index >= 15 is 0 Å². The first-order chi connectivity index (χ1) is 9.77. The number of hydrogen-bond acceptors (Lipinski definition) is 4. The molecule has 0 heterocycles. The van der Waals surface area contributed by atoms with Gasteiger partial charge < -0.3 is 9.84 Å². The van der Waals surface area contributed by atoms with Crippen LogP contribution in [0.3, 0.4) is 0 Å². The number of methoxy groups -OCH3 is 1. The molecule has 0 saturated heterocycles. The molecule has 0 unspecified atom stereocenters. The summed E-state index contributed by atoms with van der Waals surface area (Å²) in [6.45, 7) is 5.10. The van der Waals surface area contributed by atoms with Crippen LogP contribution in [-0.4, -0.2) is 29.9 Å². The molecule has 1 aromatic rings. The average Bonchev–Trinajstić information content (AvgIpc) is 2.44. The molecule has 0 radical (unpaired) electrons. The fourth-order valence-electron chi connectivity index (χ4n) is 1.91. The number of benzene rings is 1. The Hall–Kier alpha value is -2.43. The summed E-state index contributed by atoms with van der Waals surface area (Å²) in [5.41, 5.74) is 1.53. The molecule has 0 aliphatic heterocycles. The molecule has 5 nitrogen and oxygen atoms in total. The molecular weight excluding hydrogens is 272 g/mol. The third-order valence-electron chi connectivity index (χ3n) is 3.00. The number of carbonyl (C=O) groups is 3. The smallest absolute Gasteiger partial charge is 0.337 e. The van der Waals surface area contributed by atoms with Crippen molar-refractivity contribution in [3.8, 4) is 0 Å². The largest absolute Gasteiger partial charge is 0.478 e. The maximum Gasteiger partial charge on any atom is 0.337 e. The number of carboxylic acid groups (broad SMARTS) is 1. The third-order valence-corrected chi connectivity index (χ3v) is 3.00. The predicted octanol–water partition coefficient (Wildman–Crippen LogP) is 2.80. The average molecular weight is 290 g/mol. The van der Waals surface area contributed by atoms with Crippen molar-refractivity contribution in [2.45, 2.75) is 20.8 Å². The molecule has 0 spiro atoms. The van der Waals surface area contributed by atoms with Crippen molar-refractivity contribution in [1.82, 2.24) is 0 Å². The van der Waals surface area contributed by atoms with Crippen molar-refractivity contribution in [3.05, 3.63) is 41.0 Å². The second-order valence-corrected chi connectivity index (χ2v) is 4.94. The second kappa shape index (κ2) is 6.83. The first kappa shape index (κ1) is 16.6. The minimum absolute atomic E-state index is 0.158. The molecule has 5 heteroatoms. The maximum atomic E-state index is 12.3. The monoisotopic (exact) mass is 290 g/mol. The van der Waals surface area contributed by atoms with Crippen molar-refractivity contribution in [2.24, 2.45) is 5.92 Å². The van der Waals surface area contributed by atoms with Gasteiger partial charge in [-0.1, -0.05) is 19.9 Å². The second-order valence-electron chi connectivity index (χ2n) is 4.94. The van der Waals surface area contributed by atoms with Crippen LogP contribution < -0.4 is 0 Å². The van der Waals surface area contributed by atoms with Gasteiger partial charge in [0.25, 0.3) is 0 Å². The highest BCUT2D eigenvalue weighted by Gasteiger charge is 2.19.